The molecule has 104 valence electrons. The Kier molecular flexibility index (Phi) is 5.21. The van der Waals surface area contributed by atoms with Gasteiger partial charge in [-0.1, -0.05) is 24.3 Å². The summed E-state index contributed by atoms with van der Waals surface area (Å²) in [6.45, 7) is 0.533. The summed E-state index contributed by atoms with van der Waals surface area (Å²) in [5.74, 6) is -0.0930. The number of amides is 1. The molecule has 0 aliphatic heterocycles. The standard InChI is InChI=1S/C16H17NO2S/c1-19-11-12-6-5-7-13(10-12)17-16(18)14-8-3-4-9-15(14)20-2/h3-10H,11H2,1-2H3,(H,17,18). The van der Waals surface area contributed by atoms with Gasteiger partial charge in [-0.2, -0.15) is 0 Å². The highest BCUT2D eigenvalue weighted by molar-refractivity contribution is 7.98. The van der Waals surface area contributed by atoms with Gasteiger partial charge in [-0.05, 0) is 36.1 Å². The zero-order chi connectivity index (χ0) is 14.4. The quantitative estimate of drug-likeness (QED) is 0.850. The molecule has 0 fully saturated rings. The van der Waals surface area contributed by atoms with E-state index < -0.39 is 0 Å². The second-order valence-electron chi connectivity index (χ2n) is 4.29. The first-order valence-corrected chi connectivity index (χ1v) is 7.49. The number of nitrogens with one attached hydrogen (secondary N) is 1. The number of carbonyl (C=O) groups is 1. The van der Waals surface area contributed by atoms with E-state index in [1.54, 1.807) is 18.9 Å². The summed E-state index contributed by atoms with van der Waals surface area (Å²) in [7, 11) is 1.65. The maximum absolute atomic E-state index is 12.3. The van der Waals surface area contributed by atoms with Gasteiger partial charge in [0.25, 0.3) is 5.91 Å². The Morgan fingerprint density at radius 1 is 1.20 bits per heavy atom. The van der Waals surface area contributed by atoms with Crippen molar-refractivity contribution in [1.82, 2.24) is 0 Å². The molecular weight excluding hydrogens is 270 g/mol. The van der Waals surface area contributed by atoms with Gasteiger partial charge < -0.3 is 10.1 Å². The summed E-state index contributed by atoms with van der Waals surface area (Å²) >= 11 is 1.56. The van der Waals surface area contributed by atoms with Crippen molar-refractivity contribution in [2.75, 3.05) is 18.7 Å². The molecule has 4 heteroatoms. The van der Waals surface area contributed by atoms with Crippen molar-refractivity contribution in [1.29, 1.82) is 0 Å². The van der Waals surface area contributed by atoms with E-state index in [1.165, 1.54) is 0 Å². The molecule has 0 saturated carbocycles. The minimum absolute atomic E-state index is 0.0930. The Bertz CT molecular complexity index is 599. The van der Waals surface area contributed by atoms with E-state index in [9.17, 15) is 4.79 Å². The van der Waals surface area contributed by atoms with E-state index in [0.717, 1.165) is 16.1 Å². The molecule has 1 amide bonds. The van der Waals surface area contributed by atoms with Crippen LogP contribution >= 0.6 is 11.8 Å². The Morgan fingerprint density at radius 3 is 2.75 bits per heavy atom. The third kappa shape index (κ3) is 3.62. The van der Waals surface area contributed by atoms with Crippen molar-refractivity contribution in [3.63, 3.8) is 0 Å². The summed E-state index contributed by atoms with van der Waals surface area (Å²) in [6, 6.07) is 15.3. The Balaban J connectivity index is 2.17. The number of thioether (sulfide) groups is 1. The highest BCUT2D eigenvalue weighted by atomic mass is 32.2. The number of methoxy groups -OCH3 is 1. The van der Waals surface area contributed by atoms with E-state index in [1.807, 2.05) is 54.8 Å². The predicted molar refractivity (Wildman–Crippen MR) is 83.3 cm³/mol. The Hall–Kier alpha value is -1.78. The molecule has 0 bridgehead atoms. The fraction of sp³-hybridized carbons (Fsp3) is 0.188. The summed E-state index contributed by atoms with van der Waals surface area (Å²) in [5, 5.41) is 2.92. The lowest BCUT2D eigenvalue weighted by Gasteiger charge is -2.09. The number of hydrogen-bond donors (Lipinski definition) is 1. The van der Waals surface area contributed by atoms with E-state index in [-0.39, 0.29) is 5.91 Å². The minimum atomic E-state index is -0.0930. The van der Waals surface area contributed by atoms with Gasteiger partial charge in [-0.25, -0.2) is 0 Å². The van der Waals surface area contributed by atoms with Crippen molar-refractivity contribution in [2.24, 2.45) is 0 Å². The van der Waals surface area contributed by atoms with Gasteiger partial charge >= 0.3 is 0 Å². The molecule has 0 aliphatic rings. The molecule has 2 aromatic carbocycles. The molecule has 0 atom stereocenters. The molecule has 1 N–H and O–H groups in total. The number of benzene rings is 2. The lowest BCUT2D eigenvalue weighted by atomic mass is 10.2. The molecule has 0 heterocycles. The van der Waals surface area contributed by atoms with Crippen LogP contribution in [0.3, 0.4) is 0 Å². The van der Waals surface area contributed by atoms with Gasteiger partial charge in [0.2, 0.25) is 0 Å². The maximum atomic E-state index is 12.3. The zero-order valence-corrected chi connectivity index (χ0v) is 12.4. The first kappa shape index (κ1) is 14.6. The molecule has 2 aromatic rings. The first-order chi connectivity index (χ1) is 9.74. The highest BCUT2D eigenvalue weighted by Crippen LogP contribution is 2.21. The fourth-order valence-electron chi connectivity index (χ4n) is 1.94. The van der Waals surface area contributed by atoms with Crippen molar-refractivity contribution in [3.05, 3.63) is 59.7 Å². The van der Waals surface area contributed by atoms with Crippen molar-refractivity contribution < 1.29 is 9.53 Å². The molecule has 3 nitrogen and oxygen atoms in total. The molecule has 2 rings (SSSR count). The van der Waals surface area contributed by atoms with Gasteiger partial charge in [-0.3, -0.25) is 4.79 Å². The van der Waals surface area contributed by atoms with E-state index in [4.69, 9.17) is 4.74 Å². The third-order valence-electron chi connectivity index (χ3n) is 2.85. The average Bonchev–Trinajstić information content (AvgIpc) is 2.48. The SMILES string of the molecule is COCc1cccc(NC(=O)c2ccccc2SC)c1. The molecule has 20 heavy (non-hydrogen) atoms. The summed E-state index contributed by atoms with van der Waals surface area (Å²) < 4.78 is 5.09. The molecule has 0 unspecified atom stereocenters. The fourth-order valence-corrected chi connectivity index (χ4v) is 2.53. The van der Waals surface area contributed by atoms with Gasteiger partial charge in [0.15, 0.2) is 0 Å². The van der Waals surface area contributed by atoms with Crippen LogP contribution in [0.25, 0.3) is 0 Å². The van der Waals surface area contributed by atoms with Crippen molar-refractivity contribution >= 4 is 23.4 Å². The van der Waals surface area contributed by atoms with Gasteiger partial charge in [0, 0.05) is 17.7 Å². The van der Waals surface area contributed by atoms with Gasteiger partial charge in [0.1, 0.15) is 0 Å². The number of rotatable bonds is 5. The normalized spacial score (nSPS) is 10.3. The second kappa shape index (κ2) is 7.12. The van der Waals surface area contributed by atoms with Crippen LogP contribution in [0.15, 0.2) is 53.4 Å². The van der Waals surface area contributed by atoms with Crippen LogP contribution in [-0.4, -0.2) is 19.3 Å². The predicted octanol–water partition coefficient (Wildman–Crippen LogP) is 3.81. The molecule has 0 radical (unpaired) electrons. The third-order valence-corrected chi connectivity index (χ3v) is 3.64. The number of ether oxygens (including phenoxy) is 1. The monoisotopic (exact) mass is 287 g/mol. The molecular formula is C16H17NO2S. The molecule has 0 aliphatic carbocycles. The lowest BCUT2D eigenvalue weighted by molar-refractivity contribution is 0.102. The molecule has 0 saturated heterocycles. The van der Waals surface area contributed by atoms with Crippen LogP contribution < -0.4 is 5.32 Å². The largest absolute Gasteiger partial charge is 0.380 e. The zero-order valence-electron chi connectivity index (χ0n) is 11.6. The summed E-state index contributed by atoms with van der Waals surface area (Å²) in [5.41, 5.74) is 2.50. The average molecular weight is 287 g/mol. The first-order valence-electron chi connectivity index (χ1n) is 6.27. The Labute approximate surface area is 123 Å². The van der Waals surface area contributed by atoms with Crippen LogP contribution in [0, 0.1) is 0 Å². The molecule has 0 aromatic heterocycles. The lowest BCUT2D eigenvalue weighted by Crippen LogP contribution is -2.13. The maximum Gasteiger partial charge on any atom is 0.256 e. The van der Waals surface area contributed by atoms with Crippen LogP contribution in [0.4, 0.5) is 5.69 Å². The van der Waals surface area contributed by atoms with E-state index in [0.29, 0.717) is 12.2 Å². The number of carbonyl (C=O) groups excluding carboxylic acids is 1. The van der Waals surface area contributed by atoms with Crippen molar-refractivity contribution in [2.45, 2.75) is 11.5 Å². The van der Waals surface area contributed by atoms with Crippen LogP contribution in [-0.2, 0) is 11.3 Å². The number of hydrogen-bond acceptors (Lipinski definition) is 3. The second-order valence-corrected chi connectivity index (χ2v) is 5.14. The van der Waals surface area contributed by atoms with Crippen LogP contribution in [0.2, 0.25) is 0 Å². The van der Waals surface area contributed by atoms with Crippen molar-refractivity contribution in [3.8, 4) is 0 Å². The van der Waals surface area contributed by atoms with Gasteiger partial charge in [0.05, 0.1) is 12.2 Å². The summed E-state index contributed by atoms with van der Waals surface area (Å²) in [4.78, 5) is 13.3. The van der Waals surface area contributed by atoms with E-state index >= 15 is 0 Å². The van der Waals surface area contributed by atoms with E-state index in [2.05, 4.69) is 5.32 Å². The smallest absolute Gasteiger partial charge is 0.256 e. The Morgan fingerprint density at radius 2 is 2.00 bits per heavy atom. The minimum Gasteiger partial charge on any atom is -0.380 e. The van der Waals surface area contributed by atoms with Crippen LogP contribution in [0.5, 0.6) is 0 Å². The summed E-state index contributed by atoms with van der Waals surface area (Å²) in [6.07, 6.45) is 1.96. The topological polar surface area (TPSA) is 38.3 Å². The molecule has 0 spiro atoms. The number of anilines is 1. The highest BCUT2D eigenvalue weighted by Gasteiger charge is 2.10. The van der Waals surface area contributed by atoms with Crippen LogP contribution in [0.1, 0.15) is 15.9 Å². The van der Waals surface area contributed by atoms with Gasteiger partial charge in [-0.15, -0.1) is 11.8 Å².